The Morgan fingerprint density at radius 3 is 2.54 bits per heavy atom. The summed E-state index contributed by atoms with van der Waals surface area (Å²) in [5.41, 5.74) is 0. The van der Waals surface area contributed by atoms with Crippen molar-refractivity contribution in [2.45, 2.75) is 38.4 Å². The summed E-state index contributed by atoms with van der Waals surface area (Å²) in [5.74, 6) is -0.868. The highest BCUT2D eigenvalue weighted by Crippen LogP contribution is 2.16. The molecule has 0 aliphatic carbocycles. The van der Waals surface area contributed by atoms with Crippen LogP contribution in [0.25, 0.3) is 0 Å². The van der Waals surface area contributed by atoms with Gasteiger partial charge >= 0.3 is 5.97 Å². The minimum absolute atomic E-state index is 0.0326. The van der Waals surface area contributed by atoms with Gasteiger partial charge in [-0.25, -0.2) is 0 Å². The highest BCUT2D eigenvalue weighted by molar-refractivity contribution is 7.91. The van der Waals surface area contributed by atoms with Gasteiger partial charge in [0.2, 0.25) is 0 Å². The first kappa shape index (κ1) is 12.4. The fourth-order valence-corrected chi connectivity index (χ4v) is 1.02. The van der Waals surface area contributed by atoms with Gasteiger partial charge in [0.1, 0.15) is 16.1 Å². The Morgan fingerprint density at radius 2 is 2.15 bits per heavy atom. The maximum absolute atomic E-state index is 11.3. The van der Waals surface area contributed by atoms with E-state index in [0.29, 0.717) is 6.42 Å². The van der Waals surface area contributed by atoms with Crippen molar-refractivity contribution in [3.05, 3.63) is 0 Å². The summed E-state index contributed by atoms with van der Waals surface area (Å²) < 4.78 is 14.7. The van der Waals surface area contributed by atoms with E-state index in [1.807, 2.05) is 20.8 Å². The van der Waals surface area contributed by atoms with Gasteiger partial charge in [0.15, 0.2) is 0 Å². The third-order valence-corrected chi connectivity index (χ3v) is 2.57. The average molecular weight is 205 g/mol. The van der Waals surface area contributed by atoms with Gasteiger partial charge in [-0.1, -0.05) is 4.40 Å². The van der Waals surface area contributed by atoms with E-state index in [-0.39, 0.29) is 11.2 Å². The molecule has 0 aromatic carbocycles. The summed E-state index contributed by atoms with van der Waals surface area (Å²) in [6, 6.07) is 0. The van der Waals surface area contributed by atoms with Crippen LogP contribution in [0.4, 0.5) is 0 Å². The van der Waals surface area contributed by atoms with Gasteiger partial charge in [-0.2, -0.15) is 0 Å². The summed E-state index contributed by atoms with van der Waals surface area (Å²) in [6.45, 7) is 5.45. The molecule has 0 fully saturated rings. The smallest absolute Gasteiger partial charge is 0.303 e. The Kier molecular flexibility index (Phi) is 5.02. The fraction of sp³-hybridized carbons (Fsp3) is 0.750. The summed E-state index contributed by atoms with van der Waals surface area (Å²) in [4.78, 5) is 10.1. The zero-order valence-corrected chi connectivity index (χ0v) is 8.93. The first-order valence-electron chi connectivity index (χ1n) is 4.00. The maximum atomic E-state index is 11.3. The number of hydrogen-bond acceptors (Lipinski definition) is 3. The van der Waals surface area contributed by atoms with Crippen LogP contribution in [-0.2, 0) is 16.2 Å². The topological polar surface area (TPSA) is 72.7 Å². The van der Waals surface area contributed by atoms with E-state index < -0.39 is 17.3 Å². The first-order valence-corrected chi connectivity index (χ1v) is 5.11. The fourth-order valence-electron chi connectivity index (χ4n) is 0.467. The van der Waals surface area contributed by atoms with E-state index >= 15 is 0 Å². The predicted octanol–water partition coefficient (Wildman–Crippen LogP) is 1.38. The largest absolute Gasteiger partial charge is 0.591 e. The van der Waals surface area contributed by atoms with Crippen LogP contribution in [0, 0.1) is 0 Å². The summed E-state index contributed by atoms with van der Waals surface area (Å²) >= 11 is -1.28. The number of rotatable bonds is 4. The molecule has 1 atom stereocenters. The number of carboxylic acids is 1. The summed E-state index contributed by atoms with van der Waals surface area (Å²) in [5, 5.41) is 8.30. The Hall–Kier alpha value is -0.550. The lowest BCUT2D eigenvalue weighted by molar-refractivity contribution is -0.136. The van der Waals surface area contributed by atoms with Gasteiger partial charge in [-0.3, -0.25) is 4.79 Å². The van der Waals surface area contributed by atoms with Gasteiger partial charge in [-0.05, 0) is 27.2 Å². The first-order chi connectivity index (χ1) is 5.84. The molecule has 0 amide bonds. The molecule has 0 aliphatic rings. The molecule has 0 aromatic heterocycles. The number of carbonyl (C=O) groups is 1. The SMILES string of the molecule is CC(C)(C)[S@+]([O-])/N=C/CCC(=O)O. The van der Waals surface area contributed by atoms with Gasteiger partial charge in [0.05, 0.1) is 12.6 Å². The molecule has 0 aliphatic heterocycles. The molecule has 5 heteroatoms. The minimum Gasteiger partial charge on any atom is -0.591 e. The third kappa shape index (κ3) is 6.60. The monoisotopic (exact) mass is 205 g/mol. The molecular formula is C8H15NO3S. The summed E-state index contributed by atoms with van der Waals surface area (Å²) in [6.07, 6.45) is 1.78. The Balaban J connectivity index is 3.79. The normalized spacial score (nSPS) is 14.8. The van der Waals surface area contributed by atoms with E-state index in [0.717, 1.165) is 0 Å². The molecule has 0 heterocycles. The van der Waals surface area contributed by atoms with Gasteiger partial charge in [-0.15, -0.1) is 0 Å². The van der Waals surface area contributed by atoms with Crippen LogP contribution < -0.4 is 0 Å². The van der Waals surface area contributed by atoms with Crippen molar-refractivity contribution in [2.75, 3.05) is 0 Å². The Labute approximate surface area is 81.4 Å². The van der Waals surface area contributed by atoms with Crippen LogP contribution in [0.5, 0.6) is 0 Å². The molecule has 0 saturated carbocycles. The molecule has 1 N–H and O–H groups in total. The molecule has 13 heavy (non-hydrogen) atoms. The standard InChI is InChI=1S/C8H15NO3S/c1-8(2,3)13(12)9-6-4-5-7(10)11/h6H,4-5H2,1-3H3,(H,10,11)/b9-6+/t13-/m0/s1. The van der Waals surface area contributed by atoms with Crippen LogP contribution >= 0.6 is 0 Å². The van der Waals surface area contributed by atoms with Crippen molar-refractivity contribution >= 4 is 23.5 Å². The minimum atomic E-state index is -1.28. The predicted molar refractivity (Wildman–Crippen MR) is 53.3 cm³/mol. The van der Waals surface area contributed by atoms with E-state index in [1.165, 1.54) is 6.21 Å². The average Bonchev–Trinajstić information content (AvgIpc) is 1.95. The molecular weight excluding hydrogens is 190 g/mol. The van der Waals surface area contributed by atoms with E-state index in [4.69, 9.17) is 5.11 Å². The van der Waals surface area contributed by atoms with Crippen LogP contribution in [0.3, 0.4) is 0 Å². The van der Waals surface area contributed by atoms with Crippen LogP contribution in [0.15, 0.2) is 4.40 Å². The van der Waals surface area contributed by atoms with E-state index in [9.17, 15) is 9.35 Å². The number of carboxylic acid groups (broad SMARTS) is 1. The second kappa shape index (κ2) is 5.24. The molecule has 0 radical (unpaired) electrons. The molecule has 0 rings (SSSR count). The number of nitrogens with zero attached hydrogens (tertiary/aromatic N) is 1. The van der Waals surface area contributed by atoms with Crippen molar-refractivity contribution in [3.63, 3.8) is 0 Å². The van der Waals surface area contributed by atoms with Crippen molar-refractivity contribution in [2.24, 2.45) is 4.40 Å². The summed E-state index contributed by atoms with van der Waals surface area (Å²) in [7, 11) is 0. The maximum Gasteiger partial charge on any atom is 0.303 e. The second-order valence-electron chi connectivity index (χ2n) is 3.58. The molecule has 0 aromatic rings. The lowest BCUT2D eigenvalue weighted by atomic mass is 10.3. The lowest BCUT2D eigenvalue weighted by Crippen LogP contribution is -2.25. The van der Waals surface area contributed by atoms with Crippen molar-refractivity contribution in [3.8, 4) is 0 Å². The van der Waals surface area contributed by atoms with Gasteiger partial charge in [0, 0.05) is 0 Å². The molecule has 0 unspecified atom stereocenters. The van der Waals surface area contributed by atoms with Crippen molar-refractivity contribution in [1.29, 1.82) is 0 Å². The molecule has 4 nitrogen and oxygen atoms in total. The lowest BCUT2D eigenvalue weighted by Gasteiger charge is -2.17. The molecule has 0 spiro atoms. The second-order valence-corrected chi connectivity index (χ2v) is 5.52. The number of aliphatic carboxylic acids is 1. The highest BCUT2D eigenvalue weighted by atomic mass is 32.2. The van der Waals surface area contributed by atoms with Gasteiger partial charge < -0.3 is 9.66 Å². The quantitative estimate of drug-likeness (QED) is 0.556. The zero-order valence-electron chi connectivity index (χ0n) is 8.11. The number of hydrogen-bond donors (Lipinski definition) is 1. The van der Waals surface area contributed by atoms with Crippen molar-refractivity contribution < 1.29 is 14.5 Å². The third-order valence-electron chi connectivity index (χ3n) is 1.18. The zero-order chi connectivity index (χ0) is 10.5. The molecule has 0 saturated heterocycles. The van der Waals surface area contributed by atoms with Crippen LogP contribution in [0.2, 0.25) is 0 Å². The van der Waals surface area contributed by atoms with E-state index in [2.05, 4.69) is 4.40 Å². The molecule has 76 valence electrons. The van der Waals surface area contributed by atoms with Gasteiger partial charge in [0.25, 0.3) is 0 Å². The Bertz CT molecular complexity index is 198. The van der Waals surface area contributed by atoms with Crippen molar-refractivity contribution in [1.82, 2.24) is 0 Å². The molecule has 0 bridgehead atoms. The highest BCUT2D eigenvalue weighted by Gasteiger charge is 2.25. The Morgan fingerprint density at radius 1 is 1.62 bits per heavy atom. The van der Waals surface area contributed by atoms with Crippen LogP contribution in [0.1, 0.15) is 33.6 Å². The van der Waals surface area contributed by atoms with Crippen LogP contribution in [-0.4, -0.2) is 26.6 Å². The van der Waals surface area contributed by atoms with E-state index in [1.54, 1.807) is 0 Å².